The topological polar surface area (TPSA) is 52.5 Å². The maximum absolute atomic E-state index is 9.70. The summed E-state index contributed by atoms with van der Waals surface area (Å²) >= 11 is 0. The molecule has 3 heteroatoms. The van der Waals surface area contributed by atoms with Crippen LogP contribution in [0.2, 0.25) is 0 Å². The molecule has 0 atom stereocenters. The van der Waals surface area contributed by atoms with E-state index in [9.17, 15) is 5.11 Å². The summed E-state index contributed by atoms with van der Waals surface area (Å²) in [6.07, 6.45) is 0. The summed E-state index contributed by atoms with van der Waals surface area (Å²) in [5.74, 6) is 0.304. The highest BCUT2D eigenvalue weighted by Gasteiger charge is 2.15. The highest BCUT2D eigenvalue weighted by Crippen LogP contribution is 2.27. The minimum atomic E-state index is 0.0828. The predicted molar refractivity (Wildman–Crippen MR) is 65.6 cm³/mol. The molecule has 3 nitrogen and oxygen atoms in total. The first-order valence-corrected chi connectivity index (χ1v) is 5.59. The van der Waals surface area contributed by atoms with Gasteiger partial charge in [-0.1, -0.05) is 32.9 Å². The number of nitrogens with one attached hydrogen (secondary N) is 1. The molecule has 0 unspecified atom stereocenters. The lowest BCUT2D eigenvalue weighted by Crippen LogP contribution is -2.18. The summed E-state index contributed by atoms with van der Waals surface area (Å²) < 4.78 is 0. The molecular weight excluding hydrogens is 202 g/mol. The van der Waals surface area contributed by atoms with Crippen LogP contribution in [0.1, 0.15) is 31.9 Å². The Morgan fingerprint density at radius 1 is 1.25 bits per heavy atom. The first-order valence-electron chi connectivity index (χ1n) is 5.59. The number of benzene rings is 1. The van der Waals surface area contributed by atoms with Gasteiger partial charge in [0.15, 0.2) is 0 Å². The Bertz CT molecular complexity index is 342. The lowest BCUT2D eigenvalue weighted by Gasteiger charge is -2.20. The molecule has 0 saturated heterocycles. The summed E-state index contributed by atoms with van der Waals surface area (Å²) in [4.78, 5) is 0. The molecule has 0 aromatic heterocycles. The first-order chi connectivity index (χ1) is 7.45. The highest BCUT2D eigenvalue weighted by molar-refractivity contribution is 5.38. The van der Waals surface area contributed by atoms with Crippen LogP contribution in [0, 0.1) is 0 Å². The van der Waals surface area contributed by atoms with E-state index in [0.29, 0.717) is 18.8 Å². The zero-order valence-corrected chi connectivity index (χ0v) is 10.2. The van der Waals surface area contributed by atoms with Crippen molar-refractivity contribution in [3.8, 4) is 5.75 Å². The number of hydrogen-bond acceptors (Lipinski definition) is 3. The van der Waals surface area contributed by atoms with Crippen molar-refractivity contribution in [1.29, 1.82) is 0 Å². The molecule has 0 heterocycles. The molecule has 0 amide bonds. The van der Waals surface area contributed by atoms with Gasteiger partial charge in [-0.05, 0) is 17.0 Å². The number of phenols is 1. The van der Waals surface area contributed by atoms with Gasteiger partial charge in [0.1, 0.15) is 5.75 Å². The first kappa shape index (κ1) is 13.0. The van der Waals surface area contributed by atoms with Crippen LogP contribution in [0.4, 0.5) is 0 Å². The molecule has 0 fully saturated rings. The number of aliphatic hydroxyl groups excluding tert-OH is 1. The average molecular weight is 223 g/mol. The maximum atomic E-state index is 9.70. The molecule has 90 valence electrons. The number of aromatic hydroxyl groups is 1. The van der Waals surface area contributed by atoms with Gasteiger partial charge < -0.3 is 15.5 Å². The fourth-order valence-electron chi connectivity index (χ4n) is 1.50. The number of rotatable bonds is 4. The van der Waals surface area contributed by atoms with Crippen LogP contribution in [0.25, 0.3) is 0 Å². The van der Waals surface area contributed by atoms with E-state index < -0.39 is 0 Å². The van der Waals surface area contributed by atoms with Gasteiger partial charge >= 0.3 is 0 Å². The minimum Gasteiger partial charge on any atom is -0.508 e. The summed E-state index contributed by atoms with van der Waals surface area (Å²) in [6.45, 7) is 7.66. The van der Waals surface area contributed by atoms with E-state index in [-0.39, 0.29) is 12.0 Å². The van der Waals surface area contributed by atoms with Crippen LogP contribution >= 0.6 is 0 Å². The lowest BCUT2D eigenvalue weighted by atomic mass is 9.86. The summed E-state index contributed by atoms with van der Waals surface area (Å²) in [5.41, 5.74) is 2.16. The van der Waals surface area contributed by atoms with Crippen LogP contribution in [-0.4, -0.2) is 23.4 Å². The fourth-order valence-corrected chi connectivity index (χ4v) is 1.50. The van der Waals surface area contributed by atoms with Crippen molar-refractivity contribution in [3.05, 3.63) is 29.3 Å². The second-order valence-corrected chi connectivity index (χ2v) is 4.99. The van der Waals surface area contributed by atoms with Crippen LogP contribution in [0.3, 0.4) is 0 Å². The van der Waals surface area contributed by atoms with Crippen LogP contribution in [-0.2, 0) is 12.0 Å². The standard InChI is InChI=1S/C13H21NO2/c1-13(2,3)11-4-5-12(16)10(8-11)9-14-6-7-15/h4-5,8,14-16H,6-7,9H2,1-3H3. The van der Waals surface area contributed by atoms with Crippen molar-refractivity contribution in [2.45, 2.75) is 32.7 Å². The van der Waals surface area contributed by atoms with Crippen molar-refractivity contribution in [2.75, 3.05) is 13.2 Å². The van der Waals surface area contributed by atoms with Gasteiger partial charge in [-0.2, -0.15) is 0 Å². The largest absolute Gasteiger partial charge is 0.508 e. The monoisotopic (exact) mass is 223 g/mol. The average Bonchev–Trinajstić information content (AvgIpc) is 2.19. The molecule has 0 radical (unpaired) electrons. The normalized spacial score (nSPS) is 11.8. The van der Waals surface area contributed by atoms with E-state index in [4.69, 9.17) is 5.11 Å². The van der Waals surface area contributed by atoms with Crippen molar-refractivity contribution in [3.63, 3.8) is 0 Å². The Balaban J connectivity index is 2.83. The Labute approximate surface area is 97.1 Å². The molecule has 1 rings (SSSR count). The Hall–Kier alpha value is -1.06. The van der Waals surface area contributed by atoms with Gasteiger partial charge in [-0.25, -0.2) is 0 Å². The quantitative estimate of drug-likeness (QED) is 0.682. The van der Waals surface area contributed by atoms with Gasteiger partial charge in [-0.15, -0.1) is 0 Å². The summed E-state index contributed by atoms with van der Waals surface area (Å²) in [5, 5.41) is 21.4. The lowest BCUT2D eigenvalue weighted by molar-refractivity contribution is 0.291. The van der Waals surface area contributed by atoms with Crippen molar-refractivity contribution in [1.82, 2.24) is 5.32 Å². The van der Waals surface area contributed by atoms with E-state index in [1.807, 2.05) is 12.1 Å². The fraction of sp³-hybridized carbons (Fsp3) is 0.538. The second kappa shape index (κ2) is 5.32. The third kappa shape index (κ3) is 3.51. The summed E-state index contributed by atoms with van der Waals surface area (Å²) in [7, 11) is 0. The predicted octanol–water partition coefficient (Wildman–Crippen LogP) is 1.77. The number of aliphatic hydroxyl groups is 1. The molecule has 1 aromatic carbocycles. The SMILES string of the molecule is CC(C)(C)c1ccc(O)c(CNCCO)c1. The molecule has 3 N–H and O–H groups in total. The van der Waals surface area contributed by atoms with E-state index in [0.717, 1.165) is 5.56 Å². The van der Waals surface area contributed by atoms with E-state index >= 15 is 0 Å². The van der Waals surface area contributed by atoms with Crippen LogP contribution in [0.5, 0.6) is 5.75 Å². The number of phenolic OH excluding ortho intramolecular Hbond substituents is 1. The minimum absolute atomic E-state index is 0.0828. The second-order valence-electron chi connectivity index (χ2n) is 4.99. The van der Waals surface area contributed by atoms with Crippen molar-refractivity contribution >= 4 is 0 Å². The Morgan fingerprint density at radius 2 is 1.94 bits per heavy atom. The summed E-state index contributed by atoms with van der Waals surface area (Å²) in [6, 6.07) is 5.70. The molecule has 0 aliphatic carbocycles. The van der Waals surface area contributed by atoms with E-state index in [1.165, 1.54) is 5.56 Å². The third-order valence-electron chi connectivity index (χ3n) is 2.55. The molecular formula is C13H21NO2. The van der Waals surface area contributed by atoms with Crippen LogP contribution < -0.4 is 5.32 Å². The molecule has 0 aliphatic heterocycles. The Morgan fingerprint density at radius 3 is 2.50 bits per heavy atom. The van der Waals surface area contributed by atoms with Gasteiger partial charge in [-0.3, -0.25) is 0 Å². The third-order valence-corrected chi connectivity index (χ3v) is 2.55. The van der Waals surface area contributed by atoms with Gasteiger partial charge in [0.25, 0.3) is 0 Å². The van der Waals surface area contributed by atoms with Gasteiger partial charge in [0.2, 0.25) is 0 Å². The Kier molecular flexibility index (Phi) is 4.33. The van der Waals surface area contributed by atoms with Crippen molar-refractivity contribution in [2.24, 2.45) is 0 Å². The molecule has 0 spiro atoms. The van der Waals surface area contributed by atoms with E-state index in [2.05, 4.69) is 26.1 Å². The molecule has 0 saturated carbocycles. The zero-order valence-electron chi connectivity index (χ0n) is 10.2. The molecule has 1 aromatic rings. The van der Waals surface area contributed by atoms with Gasteiger partial charge in [0.05, 0.1) is 6.61 Å². The molecule has 0 bridgehead atoms. The van der Waals surface area contributed by atoms with Gasteiger partial charge in [0, 0.05) is 18.7 Å². The number of hydrogen-bond donors (Lipinski definition) is 3. The van der Waals surface area contributed by atoms with Crippen LogP contribution in [0.15, 0.2) is 18.2 Å². The smallest absolute Gasteiger partial charge is 0.120 e. The zero-order chi connectivity index (χ0) is 12.2. The maximum Gasteiger partial charge on any atom is 0.120 e. The highest BCUT2D eigenvalue weighted by atomic mass is 16.3. The van der Waals surface area contributed by atoms with E-state index in [1.54, 1.807) is 6.07 Å². The molecule has 16 heavy (non-hydrogen) atoms. The van der Waals surface area contributed by atoms with Crippen molar-refractivity contribution < 1.29 is 10.2 Å². The molecule has 0 aliphatic rings.